The van der Waals surface area contributed by atoms with E-state index in [1.165, 1.54) is 17.0 Å². The number of sulfonamides is 1. The van der Waals surface area contributed by atoms with Crippen LogP contribution in [0.2, 0.25) is 0 Å². The Morgan fingerprint density at radius 2 is 2.04 bits per heavy atom. The summed E-state index contributed by atoms with van der Waals surface area (Å²) in [6, 6.07) is 6.01. The Kier molecular flexibility index (Phi) is 6.60. The first kappa shape index (κ1) is 20.2. The first-order valence-corrected chi connectivity index (χ1v) is 10.1. The van der Waals surface area contributed by atoms with E-state index in [1.807, 2.05) is 6.92 Å². The Balaban J connectivity index is 2.00. The van der Waals surface area contributed by atoms with Crippen LogP contribution < -0.4 is 10.0 Å². The number of carboxylic acids is 1. The number of likely N-dealkylation sites (tertiary alicyclic amines) is 1. The second-order valence-corrected chi connectivity index (χ2v) is 8.36. The lowest BCUT2D eigenvalue weighted by molar-refractivity contribution is -0.143. The van der Waals surface area contributed by atoms with Gasteiger partial charge in [-0.15, -0.1) is 0 Å². The molecule has 3 N–H and O–H groups in total. The summed E-state index contributed by atoms with van der Waals surface area (Å²) in [5.41, 5.74) is 0.650. The van der Waals surface area contributed by atoms with Crippen LogP contribution in [0.4, 0.5) is 4.79 Å². The number of carboxylic acid groups (broad SMARTS) is 1. The second-order valence-electron chi connectivity index (χ2n) is 6.59. The molecule has 1 aromatic carbocycles. The molecule has 2 rings (SSSR count). The zero-order valence-electron chi connectivity index (χ0n) is 14.9. The van der Waals surface area contributed by atoms with E-state index in [0.717, 1.165) is 0 Å². The summed E-state index contributed by atoms with van der Waals surface area (Å²) < 4.78 is 26.5. The summed E-state index contributed by atoms with van der Waals surface area (Å²) in [7, 11) is -3.55. The first-order chi connectivity index (χ1) is 12.2. The van der Waals surface area contributed by atoms with E-state index >= 15 is 0 Å². The van der Waals surface area contributed by atoms with Crippen molar-refractivity contribution in [3.8, 4) is 0 Å². The normalized spacial score (nSPS) is 20.6. The van der Waals surface area contributed by atoms with Gasteiger partial charge in [-0.1, -0.05) is 26.0 Å². The van der Waals surface area contributed by atoms with Crippen LogP contribution >= 0.6 is 0 Å². The maximum atomic E-state index is 12.4. The number of urea groups is 1. The van der Waals surface area contributed by atoms with Gasteiger partial charge in [0.1, 0.15) is 0 Å². The molecular formula is C17H25N3O5S. The van der Waals surface area contributed by atoms with Gasteiger partial charge in [-0.2, -0.15) is 0 Å². The Morgan fingerprint density at radius 1 is 1.31 bits per heavy atom. The van der Waals surface area contributed by atoms with Gasteiger partial charge < -0.3 is 15.3 Å². The molecule has 0 aromatic heterocycles. The number of carbonyl (C=O) groups excluding carboxylic acids is 1. The number of hydrogen-bond acceptors (Lipinski definition) is 4. The molecule has 9 heteroatoms. The van der Waals surface area contributed by atoms with E-state index in [0.29, 0.717) is 25.1 Å². The second kappa shape index (κ2) is 8.50. The van der Waals surface area contributed by atoms with E-state index in [2.05, 4.69) is 10.0 Å². The molecule has 1 aromatic rings. The van der Waals surface area contributed by atoms with Crippen molar-refractivity contribution in [1.29, 1.82) is 0 Å². The third-order valence-corrected chi connectivity index (χ3v) is 5.83. The number of benzene rings is 1. The van der Waals surface area contributed by atoms with Crippen LogP contribution in [-0.2, 0) is 21.4 Å². The van der Waals surface area contributed by atoms with Gasteiger partial charge in [-0.25, -0.2) is 17.9 Å². The number of piperidine rings is 1. The number of rotatable bonds is 6. The lowest BCUT2D eigenvalue weighted by Gasteiger charge is -2.34. The lowest BCUT2D eigenvalue weighted by atomic mass is 9.91. The number of amides is 2. The maximum absolute atomic E-state index is 12.4. The van der Waals surface area contributed by atoms with Crippen LogP contribution in [-0.4, -0.2) is 50.1 Å². The minimum Gasteiger partial charge on any atom is -0.481 e. The highest BCUT2D eigenvalue weighted by Gasteiger charge is 2.31. The maximum Gasteiger partial charge on any atom is 0.317 e. The fourth-order valence-corrected chi connectivity index (χ4v) is 4.19. The number of carbonyl (C=O) groups is 2. The van der Waals surface area contributed by atoms with Crippen LogP contribution in [0, 0.1) is 11.8 Å². The fourth-order valence-electron chi connectivity index (χ4n) is 3.08. The van der Waals surface area contributed by atoms with Crippen molar-refractivity contribution in [2.75, 3.05) is 19.6 Å². The summed E-state index contributed by atoms with van der Waals surface area (Å²) in [5, 5.41) is 11.9. The molecule has 0 aliphatic carbocycles. The SMILES string of the molecule is CCNS(=O)(=O)c1cccc(CNC(=O)N2CC(C)CC(C(=O)O)C2)c1. The molecule has 1 saturated heterocycles. The number of hydrogen-bond donors (Lipinski definition) is 3. The average molecular weight is 383 g/mol. The van der Waals surface area contributed by atoms with E-state index < -0.39 is 21.9 Å². The zero-order chi connectivity index (χ0) is 19.3. The lowest BCUT2D eigenvalue weighted by Crippen LogP contribution is -2.49. The molecule has 0 radical (unpaired) electrons. The number of nitrogens with zero attached hydrogens (tertiary/aromatic N) is 1. The van der Waals surface area contributed by atoms with Crippen molar-refractivity contribution in [1.82, 2.24) is 14.9 Å². The summed E-state index contributed by atoms with van der Waals surface area (Å²) >= 11 is 0. The summed E-state index contributed by atoms with van der Waals surface area (Å²) in [4.78, 5) is 25.2. The molecule has 144 valence electrons. The summed E-state index contributed by atoms with van der Waals surface area (Å²) in [5.74, 6) is -1.34. The molecule has 8 nitrogen and oxygen atoms in total. The van der Waals surface area contributed by atoms with Crippen molar-refractivity contribution in [2.24, 2.45) is 11.8 Å². The quantitative estimate of drug-likeness (QED) is 0.683. The number of nitrogens with one attached hydrogen (secondary N) is 2. The zero-order valence-corrected chi connectivity index (χ0v) is 15.8. The van der Waals surface area contributed by atoms with Gasteiger partial charge in [0.15, 0.2) is 0 Å². The van der Waals surface area contributed by atoms with Crippen LogP contribution in [0.1, 0.15) is 25.8 Å². The Bertz CT molecular complexity index is 765. The predicted octanol–water partition coefficient (Wildman–Crippen LogP) is 1.24. The topological polar surface area (TPSA) is 116 Å². The molecule has 1 aliphatic rings. The van der Waals surface area contributed by atoms with Crippen molar-refractivity contribution < 1.29 is 23.1 Å². The molecule has 0 saturated carbocycles. The van der Waals surface area contributed by atoms with Gasteiger partial charge in [0.25, 0.3) is 0 Å². The number of aliphatic carboxylic acids is 1. The van der Waals surface area contributed by atoms with Crippen molar-refractivity contribution in [3.05, 3.63) is 29.8 Å². The Hall–Kier alpha value is -2.13. The largest absolute Gasteiger partial charge is 0.481 e. The van der Waals surface area contributed by atoms with Crippen LogP contribution in [0.5, 0.6) is 0 Å². The average Bonchev–Trinajstić information content (AvgIpc) is 2.59. The molecule has 1 aliphatic heterocycles. The summed E-state index contributed by atoms with van der Waals surface area (Å²) in [6.45, 7) is 4.76. The third kappa shape index (κ3) is 5.18. The van der Waals surface area contributed by atoms with E-state index in [1.54, 1.807) is 19.1 Å². The molecule has 0 spiro atoms. The van der Waals surface area contributed by atoms with E-state index in [-0.39, 0.29) is 29.9 Å². The predicted molar refractivity (Wildman–Crippen MR) is 96.0 cm³/mol. The van der Waals surface area contributed by atoms with Gasteiger partial charge in [-0.05, 0) is 30.0 Å². The van der Waals surface area contributed by atoms with Crippen LogP contribution in [0.3, 0.4) is 0 Å². The highest BCUT2D eigenvalue weighted by atomic mass is 32.2. The molecule has 2 atom stereocenters. The van der Waals surface area contributed by atoms with Crippen molar-refractivity contribution in [3.63, 3.8) is 0 Å². The molecule has 2 unspecified atom stereocenters. The minimum absolute atomic E-state index is 0.115. The smallest absolute Gasteiger partial charge is 0.317 e. The van der Waals surface area contributed by atoms with Gasteiger partial charge in [0, 0.05) is 26.2 Å². The Morgan fingerprint density at radius 3 is 2.69 bits per heavy atom. The van der Waals surface area contributed by atoms with Gasteiger partial charge in [0.2, 0.25) is 10.0 Å². The molecule has 26 heavy (non-hydrogen) atoms. The summed E-state index contributed by atoms with van der Waals surface area (Å²) in [6.07, 6.45) is 0.559. The Labute approximate surface area is 153 Å². The van der Waals surface area contributed by atoms with Gasteiger partial charge in [-0.3, -0.25) is 4.79 Å². The molecule has 0 bridgehead atoms. The highest BCUT2D eigenvalue weighted by molar-refractivity contribution is 7.89. The molecule has 1 fully saturated rings. The van der Waals surface area contributed by atoms with Crippen LogP contribution in [0.15, 0.2) is 29.2 Å². The monoisotopic (exact) mass is 383 g/mol. The standard InChI is InChI=1S/C17H25N3O5S/c1-3-19-26(24,25)15-6-4-5-13(8-15)9-18-17(23)20-10-12(2)7-14(11-20)16(21)22/h4-6,8,12,14,19H,3,7,9-11H2,1-2H3,(H,18,23)(H,21,22). The first-order valence-electron chi connectivity index (χ1n) is 8.57. The molecule has 2 amide bonds. The van der Waals surface area contributed by atoms with Crippen molar-refractivity contribution in [2.45, 2.75) is 31.7 Å². The van der Waals surface area contributed by atoms with Gasteiger partial charge >= 0.3 is 12.0 Å². The van der Waals surface area contributed by atoms with Crippen LogP contribution in [0.25, 0.3) is 0 Å². The van der Waals surface area contributed by atoms with E-state index in [9.17, 15) is 23.1 Å². The van der Waals surface area contributed by atoms with Gasteiger partial charge in [0.05, 0.1) is 10.8 Å². The minimum atomic E-state index is -3.55. The third-order valence-electron chi connectivity index (χ3n) is 4.28. The fraction of sp³-hybridized carbons (Fsp3) is 0.529. The molecular weight excluding hydrogens is 358 g/mol. The highest BCUT2D eigenvalue weighted by Crippen LogP contribution is 2.22. The molecule has 1 heterocycles. The van der Waals surface area contributed by atoms with E-state index in [4.69, 9.17) is 0 Å². The van der Waals surface area contributed by atoms with Crippen molar-refractivity contribution >= 4 is 22.0 Å².